The second kappa shape index (κ2) is 7.64. The Morgan fingerprint density at radius 3 is 2.11 bits per heavy atom. The van der Waals surface area contributed by atoms with Crippen molar-refractivity contribution in [2.45, 2.75) is 20.8 Å². The number of benzene rings is 2. The largest absolute Gasteiger partial charge is 0.204 e. The van der Waals surface area contributed by atoms with E-state index >= 15 is 0 Å². The molecule has 2 nitrogen and oxygen atoms in total. The van der Waals surface area contributed by atoms with Crippen molar-refractivity contribution >= 4 is 5.69 Å². The molecule has 2 aromatic carbocycles. The van der Waals surface area contributed by atoms with E-state index in [9.17, 15) is 0 Å². The molecule has 0 radical (unpaired) electrons. The van der Waals surface area contributed by atoms with Crippen molar-refractivity contribution in [2.75, 3.05) is 7.11 Å². The molecule has 0 atom stereocenters. The summed E-state index contributed by atoms with van der Waals surface area (Å²) in [6.07, 6.45) is 0. The molecule has 18 heavy (non-hydrogen) atoms. The van der Waals surface area contributed by atoms with Crippen LogP contribution < -0.4 is 5.48 Å². The Hall–Kier alpha value is -1.64. The minimum atomic E-state index is 1.11. The molecule has 2 aromatic rings. The molecule has 0 bridgehead atoms. The maximum Gasteiger partial charge on any atom is 0.169 e. The van der Waals surface area contributed by atoms with E-state index in [1.54, 1.807) is 12.6 Å². The van der Waals surface area contributed by atoms with E-state index in [0.29, 0.717) is 0 Å². The Morgan fingerprint density at radius 1 is 0.889 bits per heavy atom. The predicted molar refractivity (Wildman–Crippen MR) is 76.6 cm³/mol. The Morgan fingerprint density at radius 2 is 1.50 bits per heavy atom. The fourth-order valence-corrected chi connectivity index (χ4v) is 1.72. The van der Waals surface area contributed by atoms with Crippen LogP contribution in [-0.4, -0.2) is 7.11 Å². The summed E-state index contributed by atoms with van der Waals surface area (Å²) in [5.41, 5.74) is 6.57. The summed E-state index contributed by atoms with van der Waals surface area (Å²) in [5, 5.41) is 0. The van der Waals surface area contributed by atoms with Crippen molar-refractivity contribution in [3.05, 3.63) is 54.1 Å². The van der Waals surface area contributed by atoms with Crippen LogP contribution in [0.2, 0.25) is 0 Å². The normalized spacial score (nSPS) is 9.56. The van der Waals surface area contributed by atoms with Crippen molar-refractivity contribution in [3.63, 3.8) is 0 Å². The molecule has 0 saturated carbocycles. The van der Waals surface area contributed by atoms with Crippen molar-refractivity contribution in [2.24, 2.45) is 0 Å². The predicted octanol–water partition coefficient (Wildman–Crippen LogP) is 3.44. The molecular formula is C16H22NO+. The highest BCUT2D eigenvalue weighted by atomic mass is 16.6. The van der Waals surface area contributed by atoms with Gasteiger partial charge in [0.1, 0.15) is 0 Å². The number of nitrogens with two attached hydrogens (primary N) is 1. The van der Waals surface area contributed by atoms with Crippen LogP contribution in [0.15, 0.2) is 48.5 Å². The third-order valence-electron chi connectivity index (χ3n) is 2.57. The van der Waals surface area contributed by atoms with Gasteiger partial charge in [0.15, 0.2) is 5.69 Å². The van der Waals surface area contributed by atoms with Gasteiger partial charge in [-0.05, 0) is 18.6 Å². The average molecular weight is 244 g/mol. The van der Waals surface area contributed by atoms with Crippen LogP contribution in [0.4, 0.5) is 5.69 Å². The van der Waals surface area contributed by atoms with E-state index in [0.717, 1.165) is 5.69 Å². The first-order chi connectivity index (χ1) is 8.81. The highest BCUT2D eigenvalue weighted by Gasteiger charge is 2.07. The molecular weight excluding hydrogens is 222 g/mol. The van der Waals surface area contributed by atoms with Gasteiger partial charge in [0.2, 0.25) is 0 Å². The molecule has 0 heterocycles. The minimum absolute atomic E-state index is 1.11. The first-order valence-corrected chi connectivity index (χ1v) is 6.33. The Kier molecular flexibility index (Phi) is 6.12. The topological polar surface area (TPSA) is 25.8 Å². The molecule has 0 fully saturated rings. The van der Waals surface area contributed by atoms with E-state index in [4.69, 9.17) is 4.84 Å². The fourth-order valence-electron chi connectivity index (χ4n) is 1.72. The third kappa shape index (κ3) is 3.69. The SMILES string of the molecule is CC.CO[NH2+]c1ccccc1-c1ccc(C)cc1. The lowest BCUT2D eigenvalue weighted by Gasteiger charge is -2.05. The second-order valence-corrected chi connectivity index (χ2v) is 3.81. The Bertz CT molecular complexity index is 463. The van der Waals surface area contributed by atoms with Crippen molar-refractivity contribution in [1.29, 1.82) is 0 Å². The number of hydrogen-bond acceptors (Lipinski definition) is 1. The van der Waals surface area contributed by atoms with E-state index in [1.807, 2.05) is 26.0 Å². The molecule has 0 unspecified atom stereocenters. The zero-order chi connectivity index (χ0) is 13.4. The van der Waals surface area contributed by atoms with Gasteiger partial charge in [0.05, 0.1) is 7.11 Å². The van der Waals surface area contributed by atoms with E-state index in [2.05, 4.69) is 43.3 Å². The lowest BCUT2D eigenvalue weighted by molar-refractivity contribution is -0.829. The van der Waals surface area contributed by atoms with Crippen LogP contribution in [0.5, 0.6) is 0 Å². The highest BCUT2D eigenvalue weighted by Crippen LogP contribution is 2.24. The van der Waals surface area contributed by atoms with Gasteiger partial charge >= 0.3 is 0 Å². The number of quaternary nitrogens is 1. The summed E-state index contributed by atoms with van der Waals surface area (Å²) < 4.78 is 0. The quantitative estimate of drug-likeness (QED) is 0.649. The standard InChI is InChI=1S/C14H15NO.C2H6/c1-11-7-9-12(10-8-11)13-5-3-4-6-14(13)15-16-2;1-2/h3-10,15H,1-2H3;1-2H3/p+1. The van der Waals surface area contributed by atoms with Crippen LogP contribution in [0.1, 0.15) is 19.4 Å². The summed E-state index contributed by atoms with van der Waals surface area (Å²) in [4.78, 5) is 5.09. The molecule has 96 valence electrons. The first-order valence-electron chi connectivity index (χ1n) is 6.33. The highest BCUT2D eigenvalue weighted by molar-refractivity contribution is 5.72. The number of rotatable bonds is 3. The van der Waals surface area contributed by atoms with Crippen LogP contribution in [0.25, 0.3) is 11.1 Å². The van der Waals surface area contributed by atoms with Gasteiger partial charge in [-0.1, -0.05) is 55.8 Å². The molecule has 0 spiro atoms. The molecule has 0 amide bonds. The molecule has 2 N–H and O–H groups in total. The molecule has 0 saturated heterocycles. The Labute approximate surface area is 110 Å². The van der Waals surface area contributed by atoms with Crippen molar-refractivity contribution in [1.82, 2.24) is 0 Å². The van der Waals surface area contributed by atoms with E-state index in [1.165, 1.54) is 16.7 Å². The van der Waals surface area contributed by atoms with E-state index < -0.39 is 0 Å². The minimum Gasteiger partial charge on any atom is -0.204 e. The molecule has 0 aliphatic rings. The van der Waals surface area contributed by atoms with Gasteiger partial charge in [0, 0.05) is 11.6 Å². The van der Waals surface area contributed by atoms with Gasteiger partial charge in [-0.2, -0.15) is 5.48 Å². The maximum atomic E-state index is 5.09. The molecule has 0 aliphatic heterocycles. The second-order valence-electron chi connectivity index (χ2n) is 3.81. The van der Waals surface area contributed by atoms with Gasteiger partial charge in [0.25, 0.3) is 0 Å². The smallest absolute Gasteiger partial charge is 0.169 e. The lowest BCUT2D eigenvalue weighted by atomic mass is 10.0. The van der Waals surface area contributed by atoms with Gasteiger partial charge in [-0.3, -0.25) is 0 Å². The summed E-state index contributed by atoms with van der Waals surface area (Å²) in [5.74, 6) is 0. The van der Waals surface area contributed by atoms with Crippen molar-refractivity contribution in [3.8, 4) is 11.1 Å². The van der Waals surface area contributed by atoms with Crippen molar-refractivity contribution < 1.29 is 10.3 Å². The Balaban J connectivity index is 0.000000771. The molecule has 0 aliphatic carbocycles. The zero-order valence-corrected chi connectivity index (χ0v) is 11.6. The van der Waals surface area contributed by atoms with Crippen LogP contribution >= 0.6 is 0 Å². The number of hydrogen-bond donors (Lipinski definition) is 1. The monoisotopic (exact) mass is 244 g/mol. The fraction of sp³-hybridized carbons (Fsp3) is 0.250. The average Bonchev–Trinajstić information content (AvgIpc) is 2.43. The van der Waals surface area contributed by atoms with Gasteiger partial charge in [-0.15, -0.1) is 0 Å². The molecule has 2 heteroatoms. The lowest BCUT2D eigenvalue weighted by Crippen LogP contribution is -2.76. The van der Waals surface area contributed by atoms with Crippen LogP contribution in [-0.2, 0) is 4.84 Å². The van der Waals surface area contributed by atoms with Gasteiger partial charge in [-0.25, -0.2) is 4.84 Å². The molecule has 0 aromatic heterocycles. The summed E-state index contributed by atoms with van der Waals surface area (Å²) in [6.45, 7) is 6.09. The van der Waals surface area contributed by atoms with E-state index in [-0.39, 0.29) is 0 Å². The van der Waals surface area contributed by atoms with Crippen LogP contribution in [0, 0.1) is 6.92 Å². The maximum absolute atomic E-state index is 5.09. The molecule has 2 rings (SSSR count). The zero-order valence-electron chi connectivity index (χ0n) is 11.6. The third-order valence-corrected chi connectivity index (χ3v) is 2.57. The van der Waals surface area contributed by atoms with Gasteiger partial charge < -0.3 is 0 Å². The summed E-state index contributed by atoms with van der Waals surface area (Å²) in [6, 6.07) is 16.7. The summed E-state index contributed by atoms with van der Waals surface area (Å²) in [7, 11) is 1.67. The first kappa shape index (κ1) is 14.4. The number of aryl methyl sites for hydroxylation is 1. The van der Waals surface area contributed by atoms with Crippen LogP contribution in [0.3, 0.4) is 0 Å². The summed E-state index contributed by atoms with van der Waals surface area (Å²) >= 11 is 0.